The van der Waals surface area contributed by atoms with Crippen LogP contribution in [-0.2, 0) is 41.8 Å². The summed E-state index contributed by atoms with van der Waals surface area (Å²) in [5.41, 5.74) is -4.69. The van der Waals surface area contributed by atoms with Crippen LogP contribution < -0.4 is 11.2 Å². The molecule has 2 heterocycles. The second kappa shape index (κ2) is 13.0. The third-order valence-corrected chi connectivity index (χ3v) is 5.95. The maximum absolute atomic E-state index is 15.6. The standard InChI is InChI=1S/C20H29F2N2O14P/c1-11(2)36-17(27)31-9-34-39(30,35-10-32-18(28)37-12(3)4)33-8-20(22)14(21)19(5,29)15(38-20)24-7-6-13(25)23-16(24)26/h6-7,11-12,14-15,29H,8-10H2,1-5H3,(H,23,25,26)/t14-,15+,19+,20+/m0/s1. The Morgan fingerprint density at radius 1 is 1.10 bits per heavy atom. The Labute approximate surface area is 219 Å². The van der Waals surface area contributed by atoms with Crippen molar-refractivity contribution in [1.82, 2.24) is 9.55 Å². The lowest BCUT2D eigenvalue weighted by Crippen LogP contribution is -2.47. The molecular formula is C20H29F2N2O14P. The number of phosphoric ester groups is 1. The molecule has 0 aromatic carbocycles. The first kappa shape index (κ1) is 32.3. The number of halogens is 2. The summed E-state index contributed by atoms with van der Waals surface area (Å²) in [4.78, 5) is 48.2. The zero-order valence-electron chi connectivity index (χ0n) is 21.5. The van der Waals surface area contributed by atoms with Gasteiger partial charge in [-0.15, -0.1) is 0 Å². The smallest absolute Gasteiger partial charge is 0.432 e. The molecule has 1 aliphatic heterocycles. The molecule has 0 amide bonds. The van der Waals surface area contributed by atoms with Crippen molar-refractivity contribution in [3.05, 3.63) is 33.1 Å². The molecule has 2 rings (SSSR count). The number of ether oxygens (including phenoxy) is 5. The highest BCUT2D eigenvalue weighted by atomic mass is 31.2. The van der Waals surface area contributed by atoms with Crippen molar-refractivity contribution < 1.29 is 65.3 Å². The van der Waals surface area contributed by atoms with Crippen molar-refractivity contribution >= 4 is 20.1 Å². The average Bonchev–Trinajstić information content (AvgIpc) is 2.97. The summed E-state index contributed by atoms with van der Waals surface area (Å²) < 4.78 is 81.7. The predicted octanol–water partition coefficient (Wildman–Crippen LogP) is 2.02. The summed E-state index contributed by atoms with van der Waals surface area (Å²) in [6.45, 7) is 2.98. The molecular weight excluding hydrogens is 561 g/mol. The van der Waals surface area contributed by atoms with Crippen LogP contribution in [0.2, 0.25) is 0 Å². The quantitative estimate of drug-likeness (QED) is 0.203. The van der Waals surface area contributed by atoms with Gasteiger partial charge in [0, 0.05) is 12.3 Å². The van der Waals surface area contributed by atoms with Crippen molar-refractivity contribution in [2.75, 3.05) is 20.2 Å². The SMILES string of the molecule is CC(C)OC(=O)OCOP(=O)(OCOC(=O)OC(C)C)OC[C@@]1(F)O[C@@H](n2ccc(=O)[nH]c2=O)[C@](C)(O)[C@@H]1F. The molecule has 222 valence electrons. The second-order valence-corrected chi connectivity index (χ2v) is 10.4. The van der Waals surface area contributed by atoms with Gasteiger partial charge in [0.1, 0.15) is 12.2 Å². The van der Waals surface area contributed by atoms with Crippen LogP contribution >= 0.6 is 7.82 Å². The van der Waals surface area contributed by atoms with Crippen LogP contribution in [0.25, 0.3) is 0 Å². The van der Waals surface area contributed by atoms with Gasteiger partial charge in [0.2, 0.25) is 13.6 Å². The summed E-state index contributed by atoms with van der Waals surface area (Å²) in [5.74, 6) is -3.57. The number of aromatic nitrogens is 2. The van der Waals surface area contributed by atoms with E-state index in [0.717, 1.165) is 19.2 Å². The predicted molar refractivity (Wildman–Crippen MR) is 122 cm³/mol. The number of aromatic amines is 1. The molecule has 0 spiro atoms. The number of alkyl halides is 2. The fourth-order valence-electron chi connectivity index (χ4n) is 2.99. The zero-order valence-corrected chi connectivity index (χ0v) is 22.4. The van der Waals surface area contributed by atoms with Crippen molar-refractivity contribution in [3.63, 3.8) is 0 Å². The van der Waals surface area contributed by atoms with Crippen LogP contribution in [0, 0.1) is 0 Å². The van der Waals surface area contributed by atoms with Gasteiger partial charge in [-0.2, -0.15) is 0 Å². The molecule has 1 aliphatic rings. The minimum atomic E-state index is -5.02. The Balaban J connectivity index is 2.17. The normalized spacial score (nSPS) is 25.1. The van der Waals surface area contributed by atoms with Crippen molar-refractivity contribution in [3.8, 4) is 0 Å². The molecule has 1 aromatic heterocycles. The lowest BCUT2D eigenvalue weighted by Gasteiger charge is -2.26. The highest BCUT2D eigenvalue weighted by molar-refractivity contribution is 7.48. The van der Waals surface area contributed by atoms with E-state index < -0.39 is 87.6 Å². The van der Waals surface area contributed by atoms with Gasteiger partial charge in [-0.3, -0.25) is 18.9 Å². The summed E-state index contributed by atoms with van der Waals surface area (Å²) in [7, 11) is -5.02. The van der Waals surface area contributed by atoms with Gasteiger partial charge in [0.25, 0.3) is 11.4 Å². The number of hydrogen-bond acceptors (Lipinski definition) is 14. The molecule has 1 saturated heterocycles. The Morgan fingerprint density at radius 3 is 2.08 bits per heavy atom. The molecule has 16 nitrogen and oxygen atoms in total. The van der Waals surface area contributed by atoms with Gasteiger partial charge in [0.05, 0.1) is 12.2 Å². The van der Waals surface area contributed by atoms with Crippen LogP contribution in [0.3, 0.4) is 0 Å². The molecule has 39 heavy (non-hydrogen) atoms. The van der Waals surface area contributed by atoms with E-state index in [1.54, 1.807) is 0 Å². The van der Waals surface area contributed by atoms with Crippen LogP contribution in [0.4, 0.5) is 18.4 Å². The number of nitrogens with one attached hydrogen (secondary N) is 1. The Kier molecular flexibility index (Phi) is 10.8. The van der Waals surface area contributed by atoms with E-state index in [1.807, 2.05) is 4.98 Å². The van der Waals surface area contributed by atoms with Gasteiger partial charge in [-0.05, 0) is 34.6 Å². The minimum Gasteiger partial charge on any atom is -0.432 e. The molecule has 1 fully saturated rings. The molecule has 2 N–H and O–H groups in total. The first-order valence-electron chi connectivity index (χ1n) is 11.2. The monoisotopic (exact) mass is 590 g/mol. The lowest BCUT2D eigenvalue weighted by atomic mass is 9.97. The van der Waals surface area contributed by atoms with Crippen LogP contribution in [-0.4, -0.2) is 77.0 Å². The minimum absolute atomic E-state index is 0.518. The second-order valence-electron chi connectivity index (χ2n) is 8.70. The summed E-state index contributed by atoms with van der Waals surface area (Å²) in [5, 5.41) is 10.6. The van der Waals surface area contributed by atoms with Gasteiger partial charge in [-0.25, -0.2) is 36.8 Å². The Hall–Kier alpha value is -2.89. The van der Waals surface area contributed by atoms with E-state index in [0.29, 0.717) is 4.57 Å². The number of nitrogens with zero attached hydrogens (tertiary/aromatic N) is 1. The Morgan fingerprint density at radius 2 is 1.62 bits per heavy atom. The van der Waals surface area contributed by atoms with Gasteiger partial charge >= 0.3 is 25.8 Å². The molecule has 19 heteroatoms. The number of hydrogen-bond donors (Lipinski definition) is 2. The number of rotatable bonds is 12. The van der Waals surface area contributed by atoms with Crippen molar-refractivity contribution in [2.45, 2.75) is 70.7 Å². The first-order chi connectivity index (χ1) is 18.0. The summed E-state index contributed by atoms with van der Waals surface area (Å²) in [6.07, 6.45) is -7.77. The molecule has 4 atom stereocenters. The molecule has 1 aromatic rings. The van der Waals surface area contributed by atoms with Crippen LogP contribution in [0.5, 0.6) is 0 Å². The van der Waals surface area contributed by atoms with E-state index in [2.05, 4.69) is 18.9 Å². The van der Waals surface area contributed by atoms with Crippen LogP contribution in [0.15, 0.2) is 21.9 Å². The van der Waals surface area contributed by atoms with Gasteiger partial charge < -0.3 is 28.8 Å². The molecule has 0 saturated carbocycles. The molecule has 0 radical (unpaired) electrons. The maximum Gasteiger partial charge on any atom is 0.510 e. The van der Waals surface area contributed by atoms with Gasteiger partial charge in [-0.1, -0.05) is 0 Å². The zero-order chi connectivity index (χ0) is 29.6. The lowest BCUT2D eigenvalue weighted by molar-refractivity contribution is -0.197. The summed E-state index contributed by atoms with van der Waals surface area (Å²) in [6, 6.07) is 0.841. The highest BCUT2D eigenvalue weighted by Gasteiger charge is 2.65. The highest BCUT2D eigenvalue weighted by Crippen LogP contribution is 2.53. The topological polar surface area (TPSA) is 200 Å². The van der Waals surface area contributed by atoms with Gasteiger partial charge in [0.15, 0.2) is 12.4 Å². The van der Waals surface area contributed by atoms with E-state index in [4.69, 9.17) is 18.3 Å². The van der Waals surface area contributed by atoms with E-state index in [-0.39, 0.29) is 0 Å². The number of carbonyl (C=O) groups excluding carboxylic acids is 2. The van der Waals surface area contributed by atoms with Crippen molar-refractivity contribution in [1.29, 1.82) is 0 Å². The average molecular weight is 590 g/mol. The number of phosphoric acid groups is 1. The number of H-pyrrole nitrogens is 1. The largest absolute Gasteiger partial charge is 0.510 e. The number of carbonyl (C=O) groups is 2. The first-order valence-corrected chi connectivity index (χ1v) is 12.7. The molecule has 0 unspecified atom stereocenters. The van der Waals surface area contributed by atoms with E-state index in [1.165, 1.54) is 27.7 Å². The summed E-state index contributed by atoms with van der Waals surface area (Å²) >= 11 is 0. The molecule has 0 bridgehead atoms. The Bertz CT molecular complexity index is 1140. The third kappa shape index (κ3) is 8.81. The maximum atomic E-state index is 15.6. The van der Waals surface area contributed by atoms with E-state index >= 15 is 8.78 Å². The fraction of sp³-hybridized carbons (Fsp3) is 0.700. The number of aliphatic hydroxyl groups is 1. The van der Waals surface area contributed by atoms with Crippen molar-refractivity contribution in [2.24, 2.45) is 0 Å². The van der Waals surface area contributed by atoms with E-state index in [9.17, 15) is 28.8 Å². The third-order valence-electron chi connectivity index (χ3n) is 4.66. The fourth-order valence-corrected chi connectivity index (χ4v) is 3.91. The van der Waals surface area contributed by atoms with Crippen LogP contribution in [0.1, 0.15) is 40.8 Å². The molecule has 0 aliphatic carbocycles.